The third-order valence-electron chi connectivity index (χ3n) is 2.86. The molecule has 0 bridgehead atoms. The number of hydrogen-bond acceptors (Lipinski definition) is 4. The molecule has 0 amide bonds. The molecular weight excluding hydrogens is 306 g/mol. The van der Waals surface area contributed by atoms with E-state index < -0.39 is 0 Å². The summed E-state index contributed by atoms with van der Waals surface area (Å²) in [5.41, 5.74) is 7.76. The third-order valence-corrected chi connectivity index (χ3v) is 3.58. The van der Waals surface area contributed by atoms with Crippen LogP contribution in [0.2, 0.25) is 0 Å². The highest BCUT2D eigenvalue weighted by molar-refractivity contribution is 9.10. The minimum absolute atomic E-state index is 0.252. The Balaban J connectivity index is 2.26. The van der Waals surface area contributed by atoms with Gasteiger partial charge in [-0.05, 0) is 56.4 Å². The molecule has 0 atom stereocenters. The van der Waals surface area contributed by atoms with Crippen molar-refractivity contribution in [1.82, 2.24) is 20.2 Å². The van der Waals surface area contributed by atoms with Gasteiger partial charge < -0.3 is 5.73 Å². The van der Waals surface area contributed by atoms with Gasteiger partial charge in [0.05, 0.1) is 0 Å². The van der Waals surface area contributed by atoms with E-state index in [1.807, 2.05) is 22.9 Å². The van der Waals surface area contributed by atoms with Gasteiger partial charge in [-0.1, -0.05) is 20.8 Å². The van der Waals surface area contributed by atoms with Gasteiger partial charge in [0.2, 0.25) is 0 Å². The number of anilines is 1. The summed E-state index contributed by atoms with van der Waals surface area (Å²) in [5, 5.41) is 11.9. The van der Waals surface area contributed by atoms with E-state index in [-0.39, 0.29) is 5.41 Å². The lowest BCUT2D eigenvalue weighted by molar-refractivity contribution is 0.340. The molecule has 0 fully saturated rings. The lowest BCUT2D eigenvalue weighted by atomic mass is 9.92. The fourth-order valence-corrected chi connectivity index (χ4v) is 1.93. The minimum atomic E-state index is 0.252. The van der Waals surface area contributed by atoms with E-state index >= 15 is 0 Å². The van der Waals surface area contributed by atoms with Crippen molar-refractivity contribution in [3.05, 3.63) is 22.7 Å². The predicted octanol–water partition coefficient (Wildman–Crippen LogP) is 3.12. The van der Waals surface area contributed by atoms with Crippen LogP contribution in [0.5, 0.6) is 0 Å². The summed E-state index contributed by atoms with van der Waals surface area (Å²) in [6.07, 6.45) is 1.01. The average Bonchev–Trinajstić information content (AvgIpc) is 2.77. The first kappa shape index (κ1) is 14.0. The highest BCUT2D eigenvalue weighted by Crippen LogP contribution is 2.26. The normalized spacial score (nSPS) is 11.8. The summed E-state index contributed by atoms with van der Waals surface area (Å²) < 4.78 is 2.71. The van der Waals surface area contributed by atoms with Crippen LogP contribution in [-0.2, 0) is 6.54 Å². The first-order valence-electron chi connectivity index (χ1n) is 6.18. The van der Waals surface area contributed by atoms with Crippen LogP contribution in [0.1, 0.15) is 27.2 Å². The summed E-state index contributed by atoms with van der Waals surface area (Å²) in [4.78, 5) is 0. The number of hydrogen-bond donors (Lipinski definition) is 1. The van der Waals surface area contributed by atoms with Gasteiger partial charge in [0, 0.05) is 22.3 Å². The Morgan fingerprint density at radius 3 is 2.68 bits per heavy atom. The highest BCUT2D eigenvalue weighted by Gasteiger charge is 2.14. The number of rotatable bonds is 3. The van der Waals surface area contributed by atoms with E-state index in [1.54, 1.807) is 0 Å². The number of nitrogens with zero attached hydrogens (tertiary/aromatic N) is 4. The number of aryl methyl sites for hydroxylation is 1. The Kier molecular flexibility index (Phi) is 3.89. The molecule has 6 heteroatoms. The van der Waals surface area contributed by atoms with E-state index in [0.29, 0.717) is 5.69 Å². The summed E-state index contributed by atoms with van der Waals surface area (Å²) in [5.74, 6) is 0.753. The fourth-order valence-electron chi connectivity index (χ4n) is 1.69. The van der Waals surface area contributed by atoms with E-state index in [9.17, 15) is 0 Å². The van der Waals surface area contributed by atoms with E-state index in [4.69, 9.17) is 5.73 Å². The molecule has 0 radical (unpaired) electrons. The van der Waals surface area contributed by atoms with Crippen LogP contribution in [0.15, 0.2) is 22.7 Å². The van der Waals surface area contributed by atoms with Crippen molar-refractivity contribution in [3.63, 3.8) is 0 Å². The predicted molar refractivity (Wildman–Crippen MR) is 79.4 cm³/mol. The molecule has 2 aromatic rings. The smallest absolute Gasteiger partial charge is 0.182 e. The zero-order chi connectivity index (χ0) is 14.0. The minimum Gasteiger partial charge on any atom is -0.398 e. The molecule has 1 aromatic heterocycles. The van der Waals surface area contributed by atoms with Crippen LogP contribution < -0.4 is 5.73 Å². The maximum Gasteiger partial charge on any atom is 0.182 e. The van der Waals surface area contributed by atoms with Crippen LogP contribution in [0, 0.1) is 5.41 Å². The molecule has 0 aliphatic carbocycles. The lowest BCUT2D eigenvalue weighted by Gasteiger charge is -2.17. The van der Waals surface area contributed by atoms with Gasteiger partial charge in [-0.25, -0.2) is 4.68 Å². The zero-order valence-corrected chi connectivity index (χ0v) is 13.0. The molecular formula is C13H18BrN5. The molecule has 2 N–H and O–H groups in total. The quantitative estimate of drug-likeness (QED) is 0.881. The summed E-state index contributed by atoms with van der Waals surface area (Å²) in [6.45, 7) is 7.40. The monoisotopic (exact) mass is 323 g/mol. The molecule has 5 nitrogen and oxygen atoms in total. The first-order chi connectivity index (χ1) is 8.87. The molecule has 0 spiro atoms. The van der Waals surface area contributed by atoms with Crippen molar-refractivity contribution in [3.8, 4) is 11.4 Å². The van der Waals surface area contributed by atoms with Crippen LogP contribution in [0.3, 0.4) is 0 Å². The Morgan fingerprint density at radius 1 is 1.32 bits per heavy atom. The van der Waals surface area contributed by atoms with Crippen molar-refractivity contribution in [2.24, 2.45) is 5.41 Å². The second kappa shape index (κ2) is 5.28. The van der Waals surface area contributed by atoms with Crippen LogP contribution in [0.25, 0.3) is 11.4 Å². The van der Waals surface area contributed by atoms with Gasteiger partial charge in [0.15, 0.2) is 5.82 Å². The topological polar surface area (TPSA) is 69.6 Å². The SMILES string of the molecule is CC(C)(C)CCn1nnnc1-c1ccc(Br)c(N)c1. The second-order valence-electron chi connectivity index (χ2n) is 5.77. The average molecular weight is 324 g/mol. The molecule has 0 aliphatic heterocycles. The maximum absolute atomic E-state index is 5.90. The molecule has 1 aromatic carbocycles. The van der Waals surface area contributed by atoms with E-state index in [0.717, 1.165) is 28.8 Å². The van der Waals surface area contributed by atoms with Gasteiger partial charge in [0.25, 0.3) is 0 Å². The van der Waals surface area contributed by atoms with Crippen molar-refractivity contribution in [1.29, 1.82) is 0 Å². The lowest BCUT2D eigenvalue weighted by Crippen LogP contribution is -2.12. The molecule has 0 unspecified atom stereocenters. The van der Waals surface area contributed by atoms with E-state index in [1.165, 1.54) is 0 Å². The number of halogens is 1. The standard InChI is InChI=1S/C13H18BrN5/c1-13(2,3)6-7-19-12(16-17-18-19)9-4-5-10(14)11(15)8-9/h4-5,8H,6-7,15H2,1-3H3. The van der Waals surface area contributed by atoms with Crippen LogP contribution >= 0.6 is 15.9 Å². The maximum atomic E-state index is 5.90. The first-order valence-corrected chi connectivity index (χ1v) is 6.98. The van der Waals surface area contributed by atoms with Crippen LogP contribution in [0.4, 0.5) is 5.69 Å². The Morgan fingerprint density at radius 2 is 2.05 bits per heavy atom. The number of benzene rings is 1. The molecule has 0 saturated heterocycles. The Bertz CT molecular complexity index is 571. The summed E-state index contributed by atoms with van der Waals surface area (Å²) in [7, 11) is 0. The Hall–Kier alpha value is -1.43. The number of aromatic nitrogens is 4. The number of nitrogen functional groups attached to an aromatic ring is 1. The summed E-state index contributed by atoms with van der Waals surface area (Å²) in [6, 6.07) is 5.75. The molecule has 0 aliphatic rings. The Labute approximate surface area is 121 Å². The van der Waals surface area contributed by atoms with Gasteiger partial charge in [0.1, 0.15) is 0 Å². The largest absolute Gasteiger partial charge is 0.398 e. The summed E-state index contributed by atoms with van der Waals surface area (Å²) >= 11 is 3.38. The van der Waals surface area contributed by atoms with Gasteiger partial charge >= 0.3 is 0 Å². The van der Waals surface area contributed by atoms with Gasteiger partial charge in [-0.2, -0.15) is 0 Å². The molecule has 1 heterocycles. The molecule has 0 saturated carbocycles. The number of nitrogens with two attached hydrogens (primary N) is 1. The van der Waals surface area contributed by atoms with Gasteiger partial charge in [-0.3, -0.25) is 0 Å². The second-order valence-corrected chi connectivity index (χ2v) is 6.63. The van der Waals surface area contributed by atoms with Crippen molar-refractivity contribution >= 4 is 21.6 Å². The van der Waals surface area contributed by atoms with Crippen molar-refractivity contribution in [2.75, 3.05) is 5.73 Å². The van der Waals surface area contributed by atoms with E-state index in [2.05, 4.69) is 52.2 Å². The zero-order valence-electron chi connectivity index (χ0n) is 11.4. The number of tetrazole rings is 1. The molecule has 19 heavy (non-hydrogen) atoms. The van der Waals surface area contributed by atoms with Crippen LogP contribution in [-0.4, -0.2) is 20.2 Å². The molecule has 2 rings (SSSR count). The van der Waals surface area contributed by atoms with Crippen molar-refractivity contribution in [2.45, 2.75) is 33.7 Å². The third kappa shape index (κ3) is 3.53. The fraction of sp³-hybridized carbons (Fsp3) is 0.462. The molecule has 102 valence electrons. The highest BCUT2D eigenvalue weighted by atomic mass is 79.9. The van der Waals surface area contributed by atoms with Crippen molar-refractivity contribution < 1.29 is 0 Å². The van der Waals surface area contributed by atoms with Gasteiger partial charge in [-0.15, -0.1) is 5.10 Å².